The molecule has 0 aliphatic rings. The number of nitrogens with zero attached hydrogens (tertiary/aromatic N) is 3. The predicted octanol–water partition coefficient (Wildman–Crippen LogP) is 4.07. The number of hydrogen-bond acceptors (Lipinski definition) is 3. The van der Waals surface area contributed by atoms with E-state index < -0.39 is 0 Å². The van der Waals surface area contributed by atoms with Crippen molar-refractivity contribution in [1.82, 2.24) is 9.55 Å². The van der Waals surface area contributed by atoms with Gasteiger partial charge in [-0.15, -0.1) is 11.6 Å². The molecule has 0 saturated heterocycles. The molecule has 0 aliphatic carbocycles. The number of hydrogen-bond donors (Lipinski definition) is 0. The Labute approximate surface area is 126 Å². The van der Waals surface area contributed by atoms with Crippen molar-refractivity contribution in [2.75, 3.05) is 0 Å². The van der Waals surface area contributed by atoms with Gasteiger partial charge in [0.15, 0.2) is 0 Å². The Kier molecular flexibility index (Phi) is 3.47. The third-order valence-electron chi connectivity index (χ3n) is 3.37. The molecular weight excluding hydrogens is 290 g/mol. The van der Waals surface area contributed by atoms with E-state index in [1.807, 2.05) is 12.1 Å². The molecule has 0 saturated carbocycles. The Balaban J connectivity index is 2.16. The van der Waals surface area contributed by atoms with Gasteiger partial charge in [0, 0.05) is 0 Å². The third kappa shape index (κ3) is 2.20. The average Bonchev–Trinajstić information content (AvgIpc) is 3.03. The van der Waals surface area contributed by atoms with Crippen LogP contribution < -0.4 is 0 Å². The summed E-state index contributed by atoms with van der Waals surface area (Å²) in [4.78, 5) is 4.54. The second-order valence-electron chi connectivity index (χ2n) is 4.64. The lowest BCUT2D eigenvalue weighted by atomic mass is 10.2. The number of nitriles is 1. The van der Waals surface area contributed by atoms with E-state index in [2.05, 4.69) is 33.3 Å². The van der Waals surface area contributed by atoms with Crippen LogP contribution in [0.3, 0.4) is 0 Å². The van der Waals surface area contributed by atoms with E-state index in [0.717, 1.165) is 23.4 Å². The molecule has 1 aromatic carbocycles. The molecule has 20 heavy (non-hydrogen) atoms. The van der Waals surface area contributed by atoms with Crippen molar-refractivity contribution >= 4 is 34.0 Å². The van der Waals surface area contributed by atoms with Crippen LogP contribution in [0.15, 0.2) is 29.0 Å². The van der Waals surface area contributed by atoms with Crippen molar-refractivity contribution in [2.24, 2.45) is 0 Å². The molecule has 0 N–H and O–H groups in total. The van der Waals surface area contributed by atoms with Gasteiger partial charge in [0.25, 0.3) is 0 Å². The summed E-state index contributed by atoms with van der Waals surface area (Å²) in [5, 5.41) is 13.3. The Hall–Kier alpha value is -1.83. The van der Waals surface area contributed by atoms with E-state index in [-0.39, 0.29) is 0 Å². The van der Waals surface area contributed by atoms with E-state index in [1.165, 1.54) is 11.1 Å². The number of aryl methyl sites for hydroxylation is 1. The first-order valence-corrected chi connectivity index (χ1v) is 7.67. The summed E-state index contributed by atoms with van der Waals surface area (Å²) in [6.07, 6.45) is 0. The smallest absolute Gasteiger partial charge is 0.125 e. The lowest BCUT2D eigenvalue weighted by Gasteiger charge is -2.07. The van der Waals surface area contributed by atoms with Gasteiger partial charge in [0.2, 0.25) is 0 Å². The van der Waals surface area contributed by atoms with Crippen LogP contribution in [0.1, 0.15) is 22.5 Å². The molecule has 0 radical (unpaired) electrons. The molecule has 2 heterocycles. The van der Waals surface area contributed by atoms with E-state index in [9.17, 15) is 0 Å². The fourth-order valence-electron chi connectivity index (χ4n) is 2.24. The number of benzene rings is 1. The Bertz CT molecular complexity index is 810. The second-order valence-corrected chi connectivity index (χ2v) is 5.65. The predicted molar refractivity (Wildman–Crippen MR) is 82.2 cm³/mol. The highest BCUT2D eigenvalue weighted by Gasteiger charge is 2.12. The third-order valence-corrected chi connectivity index (χ3v) is 4.52. The fraction of sp³-hybridized carbons (Fsp3) is 0.200. The Morgan fingerprint density at radius 1 is 1.40 bits per heavy atom. The number of fused-ring (bicyclic) bond motifs is 1. The van der Waals surface area contributed by atoms with Gasteiger partial charge in [-0.2, -0.15) is 16.6 Å². The normalized spacial score (nSPS) is 10.8. The summed E-state index contributed by atoms with van der Waals surface area (Å²) in [6, 6.07) is 7.71. The Morgan fingerprint density at radius 3 is 2.90 bits per heavy atom. The van der Waals surface area contributed by atoms with Crippen LogP contribution in [0.25, 0.3) is 11.0 Å². The maximum Gasteiger partial charge on any atom is 0.125 e. The number of rotatable bonds is 3. The molecule has 3 aromatic rings. The maximum atomic E-state index is 9.05. The summed E-state index contributed by atoms with van der Waals surface area (Å²) in [5.41, 5.74) is 5.02. The van der Waals surface area contributed by atoms with Crippen molar-refractivity contribution in [3.63, 3.8) is 0 Å². The number of halogens is 1. The van der Waals surface area contributed by atoms with E-state index in [0.29, 0.717) is 11.4 Å². The van der Waals surface area contributed by atoms with E-state index >= 15 is 0 Å². The topological polar surface area (TPSA) is 41.6 Å². The van der Waals surface area contributed by atoms with Gasteiger partial charge in [-0.1, -0.05) is 0 Å². The zero-order chi connectivity index (χ0) is 14.1. The Morgan fingerprint density at radius 2 is 2.25 bits per heavy atom. The molecule has 0 atom stereocenters. The zero-order valence-electron chi connectivity index (χ0n) is 10.9. The number of alkyl halides is 1. The molecule has 0 amide bonds. The fourth-order valence-corrected chi connectivity index (χ4v) is 3.29. The van der Waals surface area contributed by atoms with Crippen LogP contribution >= 0.6 is 22.9 Å². The quantitative estimate of drug-likeness (QED) is 0.684. The molecule has 0 spiro atoms. The molecule has 0 unspecified atom stereocenters. The average molecular weight is 302 g/mol. The van der Waals surface area contributed by atoms with Crippen LogP contribution in [-0.2, 0) is 12.4 Å². The summed E-state index contributed by atoms with van der Waals surface area (Å²) in [5.74, 6) is 1.20. The maximum absolute atomic E-state index is 9.05. The molecule has 0 bridgehead atoms. The minimum Gasteiger partial charge on any atom is -0.322 e. The molecule has 2 aromatic heterocycles. The summed E-state index contributed by atoms with van der Waals surface area (Å²) in [6.45, 7) is 2.84. The minimum absolute atomic E-state index is 0.361. The van der Waals surface area contributed by atoms with Gasteiger partial charge >= 0.3 is 0 Å². The number of imidazole rings is 1. The SMILES string of the molecule is Cc1cscc1Cn1c(CCl)nc2ccc(C#N)cc21. The van der Waals surface area contributed by atoms with Gasteiger partial charge < -0.3 is 4.57 Å². The molecular formula is C15H12ClN3S. The van der Waals surface area contributed by atoms with Gasteiger partial charge in [-0.25, -0.2) is 4.98 Å². The van der Waals surface area contributed by atoms with Gasteiger partial charge in [-0.3, -0.25) is 0 Å². The van der Waals surface area contributed by atoms with Crippen molar-refractivity contribution < 1.29 is 0 Å². The lowest BCUT2D eigenvalue weighted by molar-refractivity contribution is 0.777. The monoisotopic (exact) mass is 301 g/mol. The standard InChI is InChI=1S/C15H12ClN3S/c1-10-8-20-9-12(10)7-19-14-4-11(6-17)2-3-13(14)18-15(19)5-16/h2-4,8-9H,5,7H2,1H3. The van der Waals surface area contributed by atoms with Crippen LogP contribution in [0.2, 0.25) is 0 Å². The van der Waals surface area contributed by atoms with Gasteiger partial charge in [0.1, 0.15) is 5.82 Å². The van der Waals surface area contributed by atoms with Crippen molar-refractivity contribution in [3.05, 3.63) is 51.5 Å². The summed E-state index contributed by atoms with van der Waals surface area (Å²) < 4.78 is 2.10. The summed E-state index contributed by atoms with van der Waals surface area (Å²) >= 11 is 7.71. The molecule has 5 heteroatoms. The van der Waals surface area contributed by atoms with Crippen molar-refractivity contribution in [1.29, 1.82) is 5.26 Å². The molecule has 0 aliphatic heterocycles. The van der Waals surface area contributed by atoms with Crippen LogP contribution in [-0.4, -0.2) is 9.55 Å². The largest absolute Gasteiger partial charge is 0.322 e. The highest BCUT2D eigenvalue weighted by atomic mass is 35.5. The second kappa shape index (κ2) is 5.28. The van der Waals surface area contributed by atoms with E-state index in [1.54, 1.807) is 17.4 Å². The molecule has 3 rings (SSSR count). The van der Waals surface area contributed by atoms with Crippen molar-refractivity contribution in [3.8, 4) is 6.07 Å². The highest BCUT2D eigenvalue weighted by molar-refractivity contribution is 7.08. The van der Waals surface area contributed by atoms with Crippen molar-refractivity contribution in [2.45, 2.75) is 19.3 Å². The minimum atomic E-state index is 0.361. The van der Waals surface area contributed by atoms with Crippen LogP contribution in [0, 0.1) is 18.3 Å². The summed E-state index contributed by atoms with van der Waals surface area (Å²) in [7, 11) is 0. The highest BCUT2D eigenvalue weighted by Crippen LogP contribution is 2.23. The zero-order valence-corrected chi connectivity index (χ0v) is 12.5. The molecule has 100 valence electrons. The first-order chi connectivity index (χ1) is 9.72. The van der Waals surface area contributed by atoms with Crippen LogP contribution in [0.4, 0.5) is 0 Å². The first kappa shape index (κ1) is 13.2. The number of thiophene rings is 1. The molecule has 3 nitrogen and oxygen atoms in total. The lowest BCUT2D eigenvalue weighted by Crippen LogP contribution is -2.04. The van der Waals surface area contributed by atoms with Crippen LogP contribution in [0.5, 0.6) is 0 Å². The van der Waals surface area contributed by atoms with Gasteiger partial charge in [-0.05, 0) is 47.0 Å². The number of aromatic nitrogens is 2. The van der Waals surface area contributed by atoms with E-state index in [4.69, 9.17) is 16.9 Å². The van der Waals surface area contributed by atoms with Gasteiger partial charge in [0.05, 0.1) is 35.1 Å². The molecule has 0 fully saturated rings. The first-order valence-electron chi connectivity index (χ1n) is 6.20.